The van der Waals surface area contributed by atoms with Crippen molar-refractivity contribution >= 4 is 23.5 Å². The van der Waals surface area contributed by atoms with Crippen LogP contribution in [0.2, 0.25) is 0 Å². The lowest BCUT2D eigenvalue weighted by Crippen LogP contribution is -2.09. The summed E-state index contributed by atoms with van der Waals surface area (Å²) in [6.45, 7) is 0. The average molecular weight is 277 g/mol. The Labute approximate surface area is 113 Å². The number of hydrogen-bond donors (Lipinski definition) is 0. The molecule has 2 rings (SSSR count). The van der Waals surface area contributed by atoms with Gasteiger partial charge in [-0.05, 0) is 11.5 Å². The van der Waals surface area contributed by atoms with Crippen LogP contribution in [0, 0.1) is 0 Å². The molecule has 2 aromatic rings. The number of aromatic nitrogens is 1. The summed E-state index contributed by atoms with van der Waals surface area (Å²) in [5.74, 6) is -1.20. The lowest BCUT2D eigenvalue weighted by Gasteiger charge is -2.03. The van der Waals surface area contributed by atoms with Crippen LogP contribution in [0.4, 0.5) is 0 Å². The number of ether oxygens (including phenoxy) is 2. The second-order valence-corrected chi connectivity index (χ2v) is 4.36. The van der Waals surface area contributed by atoms with Gasteiger partial charge < -0.3 is 9.47 Å². The van der Waals surface area contributed by atoms with Crippen molar-refractivity contribution in [3.63, 3.8) is 0 Å². The summed E-state index contributed by atoms with van der Waals surface area (Å²) in [5.41, 5.74) is 1.32. The molecule has 0 N–H and O–H groups in total. The van der Waals surface area contributed by atoms with Gasteiger partial charge in [0.1, 0.15) is 10.4 Å². The summed E-state index contributed by atoms with van der Waals surface area (Å²) in [6, 6.07) is 9.13. The first-order chi connectivity index (χ1) is 9.19. The smallest absolute Gasteiger partial charge is 0.350 e. The summed E-state index contributed by atoms with van der Waals surface area (Å²) in [4.78, 5) is 23.6. The van der Waals surface area contributed by atoms with E-state index in [1.807, 2.05) is 30.3 Å². The van der Waals surface area contributed by atoms with Gasteiger partial charge in [-0.25, -0.2) is 9.59 Å². The molecular formula is C13H11NO4S. The molecule has 0 aliphatic carbocycles. The summed E-state index contributed by atoms with van der Waals surface area (Å²) < 4.78 is 13.5. The lowest BCUT2D eigenvalue weighted by atomic mass is 10.1. The quantitative estimate of drug-likeness (QED) is 0.806. The molecule has 1 aromatic heterocycles. The van der Waals surface area contributed by atoms with Crippen molar-refractivity contribution in [2.45, 2.75) is 0 Å². The van der Waals surface area contributed by atoms with Crippen molar-refractivity contribution in [3.8, 4) is 11.3 Å². The lowest BCUT2D eigenvalue weighted by molar-refractivity contribution is 0.0560. The predicted octanol–water partition coefficient (Wildman–Crippen LogP) is 2.38. The van der Waals surface area contributed by atoms with E-state index < -0.39 is 11.9 Å². The number of esters is 2. The first kappa shape index (κ1) is 13.2. The Balaban J connectivity index is 2.60. The monoisotopic (exact) mass is 277 g/mol. The van der Waals surface area contributed by atoms with Crippen molar-refractivity contribution < 1.29 is 19.1 Å². The molecular weight excluding hydrogens is 266 g/mol. The fourth-order valence-corrected chi connectivity index (χ4v) is 2.42. The molecule has 0 amide bonds. The van der Waals surface area contributed by atoms with E-state index in [4.69, 9.17) is 4.74 Å². The zero-order valence-electron chi connectivity index (χ0n) is 10.4. The predicted molar refractivity (Wildman–Crippen MR) is 70.2 cm³/mol. The van der Waals surface area contributed by atoms with Gasteiger partial charge >= 0.3 is 11.9 Å². The van der Waals surface area contributed by atoms with E-state index in [1.165, 1.54) is 14.2 Å². The molecule has 0 aliphatic heterocycles. The van der Waals surface area contributed by atoms with E-state index in [0.717, 1.165) is 17.1 Å². The van der Waals surface area contributed by atoms with Crippen LogP contribution in [0.15, 0.2) is 30.3 Å². The number of carbonyl (C=O) groups is 2. The van der Waals surface area contributed by atoms with E-state index in [1.54, 1.807) is 0 Å². The molecule has 0 aliphatic rings. The Bertz CT molecular complexity index is 606. The molecule has 98 valence electrons. The van der Waals surface area contributed by atoms with Gasteiger partial charge in [0.2, 0.25) is 0 Å². The van der Waals surface area contributed by atoms with Crippen molar-refractivity contribution in [2.75, 3.05) is 14.2 Å². The largest absolute Gasteiger partial charge is 0.465 e. The highest BCUT2D eigenvalue weighted by molar-refractivity contribution is 7.08. The number of hydrogen-bond acceptors (Lipinski definition) is 6. The molecule has 0 atom stereocenters. The number of nitrogens with zero attached hydrogens (tertiary/aromatic N) is 1. The van der Waals surface area contributed by atoms with E-state index in [0.29, 0.717) is 5.69 Å². The highest BCUT2D eigenvalue weighted by Crippen LogP contribution is 2.29. The molecule has 19 heavy (non-hydrogen) atoms. The van der Waals surface area contributed by atoms with Crippen LogP contribution in [0.5, 0.6) is 0 Å². The van der Waals surface area contributed by atoms with Crippen molar-refractivity contribution in [3.05, 3.63) is 40.8 Å². The Morgan fingerprint density at radius 3 is 2.26 bits per heavy atom. The third-order valence-electron chi connectivity index (χ3n) is 2.50. The summed E-state index contributed by atoms with van der Waals surface area (Å²) in [6.07, 6.45) is 0. The molecule has 1 aromatic carbocycles. The van der Waals surface area contributed by atoms with Gasteiger partial charge in [0.05, 0.1) is 19.9 Å². The second kappa shape index (κ2) is 5.62. The summed E-state index contributed by atoms with van der Waals surface area (Å²) in [5, 5.41) is 0. The number of carbonyl (C=O) groups excluding carboxylic acids is 2. The number of rotatable bonds is 3. The fourth-order valence-electron chi connectivity index (χ4n) is 1.61. The average Bonchev–Trinajstić information content (AvgIpc) is 2.91. The molecule has 0 saturated carbocycles. The molecule has 1 heterocycles. The van der Waals surface area contributed by atoms with Gasteiger partial charge in [0, 0.05) is 5.56 Å². The van der Waals surface area contributed by atoms with Crippen LogP contribution in [-0.4, -0.2) is 30.5 Å². The molecule has 0 unspecified atom stereocenters. The van der Waals surface area contributed by atoms with Crippen molar-refractivity contribution in [2.24, 2.45) is 0 Å². The van der Waals surface area contributed by atoms with E-state index >= 15 is 0 Å². The zero-order chi connectivity index (χ0) is 13.8. The van der Waals surface area contributed by atoms with Gasteiger partial charge in [-0.15, -0.1) is 0 Å². The van der Waals surface area contributed by atoms with Crippen molar-refractivity contribution in [1.29, 1.82) is 0 Å². The Morgan fingerprint density at radius 1 is 1.05 bits per heavy atom. The van der Waals surface area contributed by atoms with Crippen LogP contribution in [-0.2, 0) is 9.47 Å². The first-order valence-electron chi connectivity index (χ1n) is 5.40. The minimum atomic E-state index is -0.604. The SMILES string of the molecule is COC(=O)c1snc(-c2ccccc2)c1C(=O)OC. The molecule has 0 radical (unpaired) electrons. The van der Waals surface area contributed by atoms with Gasteiger partial charge in [0.15, 0.2) is 0 Å². The first-order valence-corrected chi connectivity index (χ1v) is 6.18. The topological polar surface area (TPSA) is 65.5 Å². The molecule has 0 spiro atoms. The Kier molecular flexibility index (Phi) is 3.91. The van der Waals surface area contributed by atoms with Gasteiger partial charge in [-0.2, -0.15) is 4.37 Å². The Hall–Kier alpha value is -2.21. The van der Waals surface area contributed by atoms with Crippen LogP contribution in [0.3, 0.4) is 0 Å². The van der Waals surface area contributed by atoms with Gasteiger partial charge in [0.25, 0.3) is 0 Å². The highest BCUT2D eigenvalue weighted by Gasteiger charge is 2.27. The number of benzene rings is 1. The maximum absolute atomic E-state index is 11.8. The standard InChI is InChI=1S/C13H11NO4S/c1-17-12(15)9-10(8-6-4-3-5-7-8)14-19-11(9)13(16)18-2/h3-7H,1-2H3. The third kappa shape index (κ3) is 2.48. The molecule has 5 nitrogen and oxygen atoms in total. The number of methoxy groups -OCH3 is 2. The highest BCUT2D eigenvalue weighted by atomic mass is 32.1. The molecule has 0 bridgehead atoms. The van der Waals surface area contributed by atoms with Gasteiger partial charge in [-0.3, -0.25) is 0 Å². The van der Waals surface area contributed by atoms with E-state index in [9.17, 15) is 9.59 Å². The maximum Gasteiger partial charge on any atom is 0.350 e. The van der Waals surface area contributed by atoms with E-state index in [2.05, 4.69) is 9.11 Å². The molecule has 0 saturated heterocycles. The zero-order valence-corrected chi connectivity index (χ0v) is 11.2. The normalized spacial score (nSPS) is 10.0. The minimum absolute atomic E-state index is 0.144. The summed E-state index contributed by atoms with van der Waals surface area (Å²) >= 11 is 0.922. The second-order valence-electron chi connectivity index (χ2n) is 3.58. The minimum Gasteiger partial charge on any atom is -0.465 e. The summed E-state index contributed by atoms with van der Waals surface area (Å²) in [7, 11) is 2.52. The third-order valence-corrected chi connectivity index (χ3v) is 3.33. The van der Waals surface area contributed by atoms with Crippen LogP contribution in [0.25, 0.3) is 11.3 Å². The van der Waals surface area contributed by atoms with Crippen molar-refractivity contribution in [1.82, 2.24) is 4.37 Å². The van der Waals surface area contributed by atoms with Gasteiger partial charge in [-0.1, -0.05) is 30.3 Å². The van der Waals surface area contributed by atoms with Crippen LogP contribution < -0.4 is 0 Å². The molecule has 6 heteroatoms. The van der Waals surface area contributed by atoms with Crippen LogP contribution in [0.1, 0.15) is 20.0 Å². The fraction of sp³-hybridized carbons (Fsp3) is 0.154. The molecule has 0 fully saturated rings. The Morgan fingerprint density at radius 2 is 1.68 bits per heavy atom. The van der Waals surface area contributed by atoms with E-state index in [-0.39, 0.29) is 10.4 Å². The maximum atomic E-state index is 11.8. The van der Waals surface area contributed by atoms with Crippen LogP contribution >= 0.6 is 11.5 Å².